The van der Waals surface area contributed by atoms with Crippen molar-refractivity contribution >= 4 is 15.9 Å². The quantitative estimate of drug-likeness (QED) is 0.890. The van der Waals surface area contributed by atoms with Gasteiger partial charge in [-0.2, -0.15) is 0 Å². The van der Waals surface area contributed by atoms with Crippen molar-refractivity contribution in [3.8, 4) is 0 Å². The lowest BCUT2D eigenvalue weighted by molar-refractivity contribution is -0.0388. The monoisotopic (exact) mass is 323 g/mol. The number of hydrogen-bond donors (Lipinski definition) is 1. The molecule has 1 aliphatic heterocycles. The molecule has 0 spiro atoms. The van der Waals surface area contributed by atoms with Crippen LogP contribution in [-0.2, 0) is 5.60 Å². The van der Waals surface area contributed by atoms with Gasteiger partial charge in [-0.1, -0.05) is 28.6 Å². The average Bonchev–Trinajstić information content (AvgIpc) is 2.27. The van der Waals surface area contributed by atoms with Gasteiger partial charge in [0.25, 0.3) is 0 Å². The van der Waals surface area contributed by atoms with Crippen LogP contribution in [0.4, 0.5) is 0 Å². The Morgan fingerprint density at radius 3 is 2.74 bits per heavy atom. The number of aliphatic hydroxyl groups is 1. The second-order valence-electron chi connectivity index (χ2n) is 5.72. The minimum Gasteiger partial charge on any atom is -0.385 e. The molecule has 1 fully saturated rings. The Morgan fingerprint density at radius 1 is 1.53 bits per heavy atom. The van der Waals surface area contributed by atoms with E-state index in [4.69, 9.17) is 0 Å². The Labute approximate surface area is 124 Å². The van der Waals surface area contributed by atoms with Gasteiger partial charge in [-0.3, -0.25) is 0 Å². The number of piperidine rings is 1. The van der Waals surface area contributed by atoms with Gasteiger partial charge in [-0.05, 0) is 50.5 Å². The van der Waals surface area contributed by atoms with Crippen molar-refractivity contribution in [2.45, 2.75) is 45.3 Å². The summed E-state index contributed by atoms with van der Waals surface area (Å²) in [6, 6.07) is 6.45. The fourth-order valence-electron chi connectivity index (χ4n) is 3.19. The SMILES string of the molecule is C=C(C)N1CCC(O)(c2ccc(Br)cc2C)CC1C. The highest BCUT2D eigenvalue weighted by Crippen LogP contribution is 2.38. The highest BCUT2D eigenvalue weighted by Gasteiger charge is 2.38. The first-order valence-corrected chi connectivity index (χ1v) is 7.54. The number of rotatable bonds is 2. The molecule has 0 saturated carbocycles. The van der Waals surface area contributed by atoms with Crippen LogP contribution >= 0.6 is 15.9 Å². The maximum atomic E-state index is 11.0. The third-order valence-electron chi connectivity index (χ3n) is 4.11. The van der Waals surface area contributed by atoms with Crippen molar-refractivity contribution in [2.75, 3.05) is 6.54 Å². The van der Waals surface area contributed by atoms with Gasteiger partial charge >= 0.3 is 0 Å². The van der Waals surface area contributed by atoms with E-state index in [0.29, 0.717) is 6.04 Å². The number of benzene rings is 1. The first-order valence-electron chi connectivity index (χ1n) is 6.74. The van der Waals surface area contributed by atoms with E-state index in [1.165, 1.54) is 0 Å². The van der Waals surface area contributed by atoms with Gasteiger partial charge in [0.15, 0.2) is 0 Å². The summed E-state index contributed by atoms with van der Waals surface area (Å²) in [4.78, 5) is 2.28. The summed E-state index contributed by atoms with van der Waals surface area (Å²) in [7, 11) is 0. The molecule has 1 N–H and O–H groups in total. The van der Waals surface area contributed by atoms with E-state index in [-0.39, 0.29) is 0 Å². The maximum absolute atomic E-state index is 11.0. The molecule has 1 heterocycles. The second kappa shape index (κ2) is 5.29. The summed E-state index contributed by atoms with van der Waals surface area (Å²) >= 11 is 3.48. The topological polar surface area (TPSA) is 23.5 Å². The fraction of sp³-hybridized carbons (Fsp3) is 0.500. The van der Waals surface area contributed by atoms with Crippen molar-refractivity contribution in [1.82, 2.24) is 4.90 Å². The van der Waals surface area contributed by atoms with E-state index in [1.54, 1.807) is 0 Å². The van der Waals surface area contributed by atoms with Crippen LogP contribution in [0.25, 0.3) is 0 Å². The van der Waals surface area contributed by atoms with Crippen LogP contribution in [0.3, 0.4) is 0 Å². The van der Waals surface area contributed by atoms with E-state index in [9.17, 15) is 5.11 Å². The van der Waals surface area contributed by atoms with Crippen LogP contribution in [0.1, 0.15) is 37.8 Å². The number of allylic oxidation sites excluding steroid dienone is 1. The molecular weight excluding hydrogens is 302 g/mol. The van der Waals surface area contributed by atoms with Crippen LogP contribution in [0.15, 0.2) is 34.9 Å². The van der Waals surface area contributed by atoms with Crippen molar-refractivity contribution in [3.63, 3.8) is 0 Å². The number of likely N-dealkylation sites (tertiary alicyclic amines) is 1. The molecule has 0 radical (unpaired) electrons. The summed E-state index contributed by atoms with van der Waals surface area (Å²) in [5, 5.41) is 11.0. The standard InChI is InChI=1S/C16H22BrNO/c1-11(2)18-8-7-16(19,10-13(18)4)15-6-5-14(17)9-12(15)3/h5-6,9,13,19H,1,7-8,10H2,2-4H3. The van der Waals surface area contributed by atoms with Crippen LogP contribution < -0.4 is 0 Å². The molecule has 0 bridgehead atoms. The van der Waals surface area contributed by atoms with E-state index >= 15 is 0 Å². The molecule has 1 aromatic rings. The van der Waals surface area contributed by atoms with Gasteiger partial charge in [0.05, 0.1) is 5.60 Å². The molecule has 2 nitrogen and oxygen atoms in total. The largest absolute Gasteiger partial charge is 0.385 e. The predicted molar refractivity (Wildman–Crippen MR) is 83.0 cm³/mol. The minimum absolute atomic E-state index is 0.319. The van der Waals surface area contributed by atoms with Crippen LogP contribution in [0.5, 0.6) is 0 Å². The van der Waals surface area contributed by atoms with Crippen molar-refractivity contribution in [2.24, 2.45) is 0 Å². The first-order chi connectivity index (χ1) is 8.83. The summed E-state index contributed by atoms with van der Waals surface area (Å²) in [6.45, 7) is 11.1. The van der Waals surface area contributed by atoms with Gasteiger partial charge in [0, 0.05) is 29.2 Å². The van der Waals surface area contributed by atoms with E-state index in [1.807, 2.05) is 19.1 Å². The highest BCUT2D eigenvalue weighted by atomic mass is 79.9. The zero-order chi connectivity index (χ0) is 14.2. The van der Waals surface area contributed by atoms with Gasteiger partial charge in [0.2, 0.25) is 0 Å². The van der Waals surface area contributed by atoms with Crippen molar-refractivity contribution in [3.05, 3.63) is 46.1 Å². The summed E-state index contributed by atoms with van der Waals surface area (Å²) in [5.41, 5.74) is 2.58. The number of nitrogens with zero attached hydrogens (tertiary/aromatic N) is 1. The van der Waals surface area contributed by atoms with E-state index in [2.05, 4.69) is 47.3 Å². The molecule has 1 aromatic carbocycles. The minimum atomic E-state index is -0.712. The first kappa shape index (κ1) is 14.6. The van der Waals surface area contributed by atoms with Crippen LogP contribution in [0, 0.1) is 6.92 Å². The average molecular weight is 324 g/mol. The normalized spacial score (nSPS) is 27.4. The molecule has 1 aliphatic rings. The van der Waals surface area contributed by atoms with E-state index in [0.717, 1.165) is 40.7 Å². The molecule has 3 heteroatoms. The highest BCUT2D eigenvalue weighted by molar-refractivity contribution is 9.10. The third-order valence-corrected chi connectivity index (χ3v) is 4.60. The van der Waals surface area contributed by atoms with Gasteiger partial charge in [-0.15, -0.1) is 0 Å². The van der Waals surface area contributed by atoms with Gasteiger partial charge in [0.1, 0.15) is 0 Å². The molecule has 1 saturated heterocycles. The molecule has 2 atom stereocenters. The zero-order valence-corrected chi connectivity index (χ0v) is 13.5. The lowest BCUT2D eigenvalue weighted by atomic mass is 9.79. The number of aryl methyl sites for hydroxylation is 1. The Kier molecular flexibility index (Phi) is 4.07. The number of hydrogen-bond acceptors (Lipinski definition) is 2. The molecule has 19 heavy (non-hydrogen) atoms. The second-order valence-corrected chi connectivity index (χ2v) is 6.64. The third kappa shape index (κ3) is 2.87. The Bertz CT molecular complexity index is 500. The molecule has 2 unspecified atom stereocenters. The Morgan fingerprint density at radius 2 is 2.21 bits per heavy atom. The maximum Gasteiger partial charge on any atom is 0.0935 e. The van der Waals surface area contributed by atoms with Crippen molar-refractivity contribution in [1.29, 1.82) is 0 Å². The molecule has 0 aliphatic carbocycles. The summed E-state index contributed by atoms with van der Waals surface area (Å²) in [5.74, 6) is 0. The molecule has 0 aromatic heterocycles. The van der Waals surface area contributed by atoms with Crippen molar-refractivity contribution < 1.29 is 5.11 Å². The number of halogens is 1. The lowest BCUT2D eigenvalue weighted by Crippen LogP contribution is -2.47. The fourth-order valence-corrected chi connectivity index (χ4v) is 3.66. The Hall–Kier alpha value is -0.800. The van der Waals surface area contributed by atoms with Gasteiger partial charge in [-0.25, -0.2) is 0 Å². The molecular formula is C16H22BrNO. The van der Waals surface area contributed by atoms with Crippen LogP contribution in [0.2, 0.25) is 0 Å². The zero-order valence-electron chi connectivity index (χ0n) is 11.9. The molecule has 0 amide bonds. The summed E-state index contributed by atoms with van der Waals surface area (Å²) < 4.78 is 1.06. The predicted octanol–water partition coefficient (Wildman–Crippen LogP) is 3.96. The molecule has 2 rings (SSSR count). The Balaban J connectivity index is 2.27. The summed E-state index contributed by atoms with van der Waals surface area (Å²) in [6.07, 6.45) is 1.51. The molecule has 104 valence electrons. The lowest BCUT2D eigenvalue weighted by Gasteiger charge is -2.44. The van der Waals surface area contributed by atoms with Crippen LogP contribution in [-0.4, -0.2) is 22.6 Å². The van der Waals surface area contributed by atoms with E-state index < -0.39 is 5.60 Å². The smallest absolute Gasteiger partial charge is 0.0935 e. The van der Waals surface area contributed by atoms with Gasteiger partial charge < -0.3 is 10.0 Å².